The molecule has 0 unspecified atom stereocenters. The van der Waals surface area contributed by atoms with E-state index in [9.17, 15) is 4.79 Å². The highest BCUT2D eigenvalue weighted by Crippen LogP contribution is 2.17. The largest absolute Gasteiger partial charge is 0.344 e. The number of carbonyl (C=O) groups excluding carboxylic acids is 1. The summed E-state index contributed by atoms with van der Waals surface area (Å²) in [6.45, 7) is 6.33. The molecule has 0 atom stereocenters. The zero-order chi connectivity index (χ0) is 14.4. The summed E-state index contributed by atoms with van der Waals surface area (Å²) in [5, 5.41) is 9.11. The summed E-state index contributed by atoms with van der Waals surface area (Å²) in [5.74, 6) is 0.281. The zero-order valence-electron chi connectivity index (χ0n) is 11.7. The molecule has 0 aliphatic rings. The molecule has 0 spiro atoms. The molecular weight excluding hydrogens is 260 g/mol. The minimum absolute atomic E-state index is 0.0141. The van der Waals surface area contributed by atoms with Crippen LogP contribution in [-0.4, -0.2) is 40.1 Å². The third-order valence-corrected chi connectivity index (χ3v) is 3.75. The number of thioether (sulfide) groups is 1. The Kier molecular flexibility index (Phi) is 5.77. The Bertz CT molecular complexity index is 487. The van der Waals surface area contributed by atoms with E-state index >= 15 is 0 Å². The summed E-state index contributed by atoms with van der Waals surface area (Å²) in [6.07, 6.45) is 0.353. The first kappa shape index (κ1) is 15.4. The third-order valence-electron chi connectivity index (χ3n) is 2.92. The van der Waals surface area contributed by atoms with Crippen molar-refractivity contribution in [3.8, 4) is 6.07 Å². The number of carbonyl (C=O) groups is 1. The van der Waals surface area contributed by atoms with Crippen molar-refractivity contribution >= 4 is 17.7 Å². The molecule has 0 aliphatic carbocycles. The van der Waals surface area contributed by atoms with Crippen LogP contribution in [0.4, 0.5) is 0 Å². The van der Waals surface area contributed by atoms with Crippen LogP contribution in [-0.2, 0) is 4.79 Å². The molecule has 0 radical (unpaired) electrons. The molecule has 1 aromatic rings. The monoisotopic (exact) mass is 278 g/mol. The van der Waals surface area contributed by atoms with Crippen LogP contribution in [0.15, 0.2) is 5.16 Å². The fourth-order valence-electron chi connectivity index (χ4n) is 1.38. The molecule has 6 heteroatoms. The van der Waals surface area contributed by atoms with Crippen molar-refractivity contribution in [3.05, 3.63) is 17.0 Å². The van der Waals surface area contributed by atoms with Gasteiger partial charge >= 0.3 is 0 Å². The van der Waals surface area contributed by atoms with E-state index in [-0.39, 0.29) is 5.91 Å². The van der Waals surface area contributed by atoms with Gasteiger partial charge in [-0.05, 0) is 26.3 Å². The Morgan fingerprint density at radius 2 is 1.89 bits per heavy atom. The summed E-state index contributed by atoms with van der Waals surface area (Å²) in [6, 6.07) is 2.02. The smallest absolute Gasteiger partial charge is 0.232 e. The van der Waals surface area contributed by atoms with Crippen LogP contribution in [0.25, 0.3) is 0 Å². The van der Waals surface area contributed by atoms with Crippen molar-refractivity contribution in [2.45, 2.75) is 32.3 Å². The lowest BCUT2D eigenvalue weighted by molar-refractivity contribution is -0.127. The highest BCUT2D eigenvalue weighted by molar-refractivity contribution is 7.99. The molecule has 1 rings (SSSR count). The van der Waals surface area contributed by atoms with Crippen molar-refractivity contribution in [1.82, 2.24) is 14.9 Å². The Morgan fingerprint density at radius 3 is 2.42 bits per heavy atom. The first-order valence-corrected chi connectivity index (χ1v) is 6.99. The standard InChI is InChI=1S/C13H18N4OS/c1-9-10(2)15-13(16-11(9)3)19-8-12(18)17(4)7-5-6-14/h5,7-8H2,1-4H3. The van der Waals surface area contributed by atoms with E-state index in [1.54, 1.807) is 11.9 Å². The van der Waals surface area contributed by atoms with Crippen LogP contribution in [0.3, 0.4) is 0 Å². The maximum Gasteiger partial charge on any atom is 0.232 e. The number of aromatic nitrogens is 2. The molecular formula is C13H18N4OS. The second-order valence-corrected chi connectivity index (χ2v) is 5.26. The lowest BCUT2D eigenvalue weighted by Crippen LogP contribution is -2.29. The minimum Gasteiger partial charge on any atom is -0.344 e. The van der Waals surface area contributed by atoms with Crippen LogP contribution in [0, 0.1) is 32.1 Å². The second-order valence-electron chi connectivity index (χ2n) is 4.31. The highest BCUT2D eigenvalue weighted by Gasteiger charge is 2.11. The number of nitrogens with zero attached hydrogens (tertiary/aromatic N) is 4. The highest BCUT2D eigenvalue weighted by atomic mass is 32.2. The predicted molar refractivity (Wildman–Crippen MR) is 74.8 cm³/mol. The zero-order valence-corrected chi connectivity index (χ0v) is 12.5. The van der Waals surface area contributed by atoms with Crippen LogP contribution < -0.4 is 0 Å². The first-order valence-electron chi connectivity index (χ1n) is 6.01. The van der Waals surface area contributed by atoms with Crippen molar-refractivity contribution in [1.29, 1.82) is 5.26 Å². The van der Waals surface area contributed by atoms with Gasteiger partial charge in [-0.1, -0.05) is 11.8 Å². The Balaban J connectivity index is 2.58. The average Bonchev–Trinajstić information content (AvgIpc) is 2.39. The van der Waals surface area contributed by atoms with Gasteiger partial charge in [-0.2, -0.15) is 5.26 Å². The lowest BCUT2D eigenvalue weighted by Gasteiger charge is -2.14. The number of nitriles is 1. The predicted octanol–water partition coefficient (Wildman–Crippen LogP) is 1.87. The van der Waals surface area contributed by atoms with Gasteiger partial charge in [0.1, 0.15) is 0 Å². The van der Waals surface area contributed by atoms with Gasteiger partial charge in [-0.15, -0.1) is 0 Å². The molecule has 1 amide bonds. The van der Waals surface area contributed by atoms with Gasteiger partial charge in [0.25, 0.3) is 0 Å². The Morgan fingerprint density at radius 1 is 1.32 bits per heavy atom. The molecule has 0 saturated heterocycles. The van der Waals surface area contributed by atoms with Crippen molar-refractivity contribution in [2.24, 2.45) is 0 Å². The molecule has 0 bridgehead atoms. The van der Waals surface area contributed by atoms with Crippen LogP contribution in [0.2, 0.25) is 0 Å². The average molecular weight is 278 g/mol. The van der Waals surface area contributed by atoms with E-state index in [0.717, 1.165) is 17.0 Å². The molecule has 0 fully saturated rings. The molecule has 0 saturated carbocycles. The molecule has 102 valence electrons. The lowest BCUT2D eigenvalue weighted by atomic mass is 10.2. The van der Waals surface area contributed by atoms with Crippen molar-refractivity contribution in [2.75, 3.05) is 19.3 Å². The van der Waals surface area contributed by atoms with Gasteiger partial charge in [-0.25, -0.2) is 9.97 Å². The van der Waals surface area contributed by atoms with Crippen LogP contribution >= 0.6 is 11.8 Å². The van der Waals surface area contributed by atoms with Crippen LogP contribution in [0.1, 0.15) is 23.4 Å². The summed E-state index contributed by atoms with van der Waals surface area (Å²) in [4.78, 5) is 22.1. The number of rotatable bonds is 5. The Hall–Kier alpha value is -1.61. The SMILES string of the molecule is Cc1nc(SCC(=O)N(C)CCC#N)nc(C)c1C. The molecule has 19 heavy (non-hydrogen) atoms. The number of hydrogen-bond donors (Lipinski definition) is 0. The summed E-state index contributed by atoms with van der Waals surface area (Å²) < 4.78 is 0. The van der Waals surface area contributed by atoms with Gasteiger partial charge in [0.2, 0.25) is 5.91 Å². The molecule has 0 N–H and O–H groups in total. The van der Waals surface area contributed by atoms with Crippen LogP contribution in [0.5, 0.6) is 0 Å². The molecule has 5 nitrogen and oxygen atoms in total. The maximum atomic E-state index is 11.8. The quantitative estimate of drug-likeness (QED) is 0.607. The summed E-state index contributed by atoms with van der Waals surface area (Å²) in [5.41, 5.74) is 2.97. The number of amides is 1. The topological polar surface area (TPSA) is 69.9 Å². The maximum absolute atomic E-state index is 11.8. The van der Waals surface area contributed by atoms with Gasteiger partial charge < -0.3 is 4.90 Å². The van der Waals surface area contributed by atoms with Gasteiger partial charge in [0.15, 0.2) is 5.16 Å². The fourth-order valence-corrected chi connectivity index (χ4v) is 2.26. The van der Waals surface area contributed by atoms with E-state index in [1.807, 2.05) is 26.8 Å². The Labute approximate surface area is 118 Å². The van der Waals surface area contributed by atoms with E-state index in [4.69, 9.17) is 5.26 Å². The summed E-state index contributed by atoms with van der Waals surface area (Å²) >= 11 is 1.33. The summed E-state index contributed by atoms with van der Waals surface area (Å²) in [7, 11) is 1.70. The van der Waals surface area contributed by atoms with E-state index in [2.05, 4.69) is 9.97 Å². The van der Waals surface area contributed by atoms with E-state index in [1.165, 1.54) is 11.8 Å². The van der Waals surface area contributed by atoms with Gasteiger partial charge in [-0.3, -0.25) is 4.79 Å². The van der Waals surface area contributed by atoms with Crippen molar-refractivity contribution < 1.29 is 4.79 Å². The van der Waals surface area contributed by atoms with E-state index in [0.29, 0.717) is 23.9 Å². The fraction of sp³-hybridized carbons (Fsp3) is 0.538. The number of hydrogen-bond acceptors (Lipinski definition) is 5. The van der Waals surface area contributed by atoms with Gasteiger partial charge in [0, 0.05) is 25.0 Å². The van der Waals surface area contributed by atoms with Crippen molar-refractivity contribution in [3.63, 3.8) is 0 Å². The third kappa shape index (κ3) is 4.52. The molecule has 1 heterocycles. The number of aryl methyl sites for hydroxylation is 2. The molecule has 0 aliphatic heterocycles. The van der Waals surface area contributed by atoms with Gasteiger partial charge in [0.05, 0.1) is 18.2 Å². The minimum atomic E-state index is -0.0141. The molecule has 1 aromatic heterocycles. The normalized spacial score (nSPS) is 10.1. The molecule has 0 aromatic carbocycles. The first-order chi connectivity index (χ1) is 8.95. The second kappa shape index (κ2) is 7.10. The van der Waals surface area contributed by atoms with E-state index < -0.39 is 0 Å².